The van der Waals surface area contributed by atoms with Crippen molar-refractivity contribution in [3.63, 3.8) is 0 Å². The van der Waals surface area contributed by atoms with Gasteiger partial charge in [-0.25, -0.2) is 0 Å². The zero-order valence-corrected chi connectivity index (χ0v) is 16.4. The molecule has 0 amide bonds. The summed E-state index contributed by atoms with van der Waals surface area (Å²) in [7, 11) is 1.63. The molecule has 0 spiro atoms. The molecule has 3 rings (SSSR count). The van der Waals surface area contributed by atoms with Crippen LogP contribution in [0, 0.1) is 0 Å². The van der Waals surface area contributed by atoms with Crippen molar-refractivity contribution in [1.82, 2.24) is 9.78 Å². The van der Waals surface area contributed by atoms with Gasteiger partial charge in [0.15, 0.2) is 5.78 Å². The third kappa shape index (κ3) is 4.62. The summed E-state index contributed by atoms with van der Waals surface area (Å²) in [6.07, 6.45) is 6.70. The van der Waals surface area contributed by atoms with Gasteiger partial charge in [-0.05, 0) is 35.9 Å². The minimum absolute atomic E-state index is 0.0532. The Morgan fingerprint density at radius 3 is 2.85 bits per heavy atom. The van der Waals surface area contributed by atoms with Gasteiger partial charge < -0.3 is 4.74 Å². The minimum Gasteiger partial charge on any atom is -0.496 e. The van der Waals surface area contributed by atoms with E-state index in [-0.39, 0.29) is 5.78 Å². The molecular formula is C20H16BrClN2O2. The summed E-state index contributed by atoms with van der Waals surface area (Å²) in [6, 6.07) is 13.1. The lowest BCUT2D eigenvalue weighted by atomic mass is 10.1. The Kier molecular flexibility index (Phi) is 5.91. The van der Waals surface area contributed by atoms with Crippen LogP contribution >= 0.6 is 27.5 Å². The molecule has 3 aromatic rings. The normalized spacial score (nSPS) is 11.0. The van der Waals surface area contributed by atoms with Gasteiger partial charge >= 0.3 is 0 Å². The molecule has 0 aliphatic rings. The number of allylic oxidation sites excluding steroid dienone is 1. The van der Waals surface area contributed by atoms with Crippen molar-refractivity contribution >= 4 is 39.4 Å². The van der Waals surface area contributed by atoms with Gasteiger partial charge in [-0.2, -0.15) is 5.10 Å². The molecule has 1 aromatic heterocycles. The van der Waals surface area contributed by atoms with E-state index in [1.807, 2.05) is 30.3 Å². The highest BCUT2D eigenvalue weighted by Crippen LogP contribution is 2.22. The summed E-state index contributed by atoms with van der Waals surface area (Å²) in [6.45, 7) is 0.525. The van der Waals surface area contributed by atoms with E-state index in [0.29, 0.717) is 17.1 Å². The van der Waals surface area contributed by atoms with Crippen molar-refractivity contribution in [2.45, 2.75) is 6.54 Å². The molecule has 0 saturated heterocycles. The van der Waals surface area contributed by atoms with Gasteiger partial charge in [-0.15, -0.1) is 0 Å². The Labute approximate surface area is 165 Å². The van der Waals surface area contributed by atoms with Crippen molar-refractivity contribution in [1.29, 1.82) is 0 Å². The topological polar surface area (TPSA) is 44.1 Å². The standard InChI is InChI=1S/C20H16BrClN2O2/c1-26-20-8-6-14(9-16(20)12-24-13-18(22)11-23-24)5-7-19(25)15-3-2-4-17(21)10-15/h2-11,13H,12H2,1H3/b7-5+. The monoisotopic (exact) mass is 430 g/mol. The van der Waals surface area contributed by atoms with Crippen LogP contribution in [-0.4, -0.2) is 22.7 Å². The van der Waals surface area contributed by atoms with Gasteiger partial charge in [-0.3, -0.25) is 9.48 Å². The molecule has 0 atom stereocenters. The fraction of sp³-hybridized carbons (Fsp3) is 0.100. The first-order valence-electron chi connectivity index (χ1n) is 7.88. The lowest BCUT2D eigenvalue weighted by Crippen LogP contribution is -2.02. The molecule has 1 heterocycles. The fourth-order valence-corrected chi connectivity index (χ4v) is 3.09. The first-order valence-corrected chi connectivity index (χ1v) is 9.05. The van der Waals surface area contributed by atoms with Crippen molar-refractivity contribution in [2.24, 2.45) is 0 Å². The largest absolute Gasteiger partial charge is 0.496 e. The number of aromatic nitrogens is 2. The zero-order chi connectivity index (χ0) is 18.5. The highest BCUT2D eigenvalue weighted by Gasteiger charge is 2.07. The lowest BCUT2D eigenvalue weighted by molar-refractivity contribution is 0.104. The molecule has 132 valence electrons. The maximum absolute atomic E-state index is 12.3. The second-order valence-electron chi connectivity index (χ2n) is 5.64. The van der Waals surface area contributed by atoms with Gasteiger partial charge in [0.2, 0.25) is 0 Å². The van der Waals surface area contributed by atoms with Crippen LogP contribution in [0.1, 0.15) is 21.5 Å². The Balaban J connectivity index is 1.81. The summed E-state index contributed by atoms with van der Waals surface area (Å²) < 4.78 is 8.03. The maximum Gasteiger partial charge on any atom is 0.185 e. The van der Waals surface area contributed by atoms with Crippen LogP contribution in [0.3, 0.4) is 0 Å². The lowest BCUT2D eigenvalue weighted by Gasteiger charge is -2.09. The third-order valence-electron chi connectivity index (χ3n) is 3.77. The number of carbonyl (C=O) groups is 1. The molecule has 0 bridgehead atoms. The van der Waals surface area contributed by atoms with E-state index in [2.05, 4.69) is 21.0 Å². The maximum atomic E-state index is 12.3. The Morgan fingerprint density at radius 2 is 2.15 bits per heavy atom. The van der Waals surface area contributed by atoms with Gasteiger partial charge in [0.05, 0.1) is 24.9 Å². The number of carbonyl (C=O) groups excluding carboxylic acids is 1. The van der Waals surface area contributed by atoms with Crippen LogP contribution in [0.25, 0.3) is 6.08 Å². The SMILES string of the molecule is COc1ccc(/C=C/C(=O)c2cccc(Br)c2)cc1Cn1cc(Cl)cn1. The number of nitrogens with zero attached hydrogens (tertiary/aromatic N) is 2. The van der Waals surface area contributed by atoms with Gasteiger partial charge in [0.1, 0.15) is 5.75 Å². The number of halogens is 2. The van der Waals surface area contributed by atoms with Crippen molar-refractivity contribution in [2.75, 3.05) is 7.11 Å². The van der Waals surface area contributed by atoms with E-state index < -0.39 is 0 Å². The summed E-state index contributed by atoms with van der Waals surface area (Å²) in [5, 5.41) is 4.77. The number of ether oxygens (including phenoxy) is 1. The molecule has 26 heavy (non-hydrogen) atoms. The molecule has 0 saturated carbocycles. The highest BCUT2D eigenvalue weighted by molar-refractivity contribution is 9.10. The van der Waals surface area contributed by atoms with Gasteiger partial charge in [-0.1, -0.05) is 51.8 Å². The van der Waals surface area contributed by atoms with E-state index in [4.69, 9.17) is 16.3 Å². The Bertz CT molecular complexity index is 966. The molecule has 0 radical (unpaired) electrons. The van der Waals surface area contributed by atoms with Crippen molar-refractivity contribution in [3.8, 4) is 5.75 Å². The average Bonchev–Trinajstić information content (AvgIpc) is 3.04. The Hall–Kier alpha value is -2.37. The third-order valence-corrected chi connectivity index (χ3v) is 4.46. The molecule has 2 aromatic carbocycles. The number of benzene rings is 2. The first kappa shape index (κ1) is 18.4. The molecule has 0 aliphatic carbocycles. The molecular weight excluding hydrogens is 416 g/mol. The van der Waals surface area contributed by atoms with E-state index in [0.717, 1.165) is 21.3 Å². The van der Waals surface area contributed by atoms with Crippen molar-refractivity contribution < 1.29 is 9.53 Å². The quantitative estimate of drug-likeness (QED) is 0.395. The molecule has 0 fully saturated rings. The molecule has 4 nitrogen and oxygen atoms in total. The first-order chi connectivity index (χ1) is 12.5. The van der Waals surface area contributed by atoms with Crippen LogP contribution in [0.15, 0.2) is 65.4 Å². The number of rotatable bonds is 6. The molecule has 6 heteroatoms. The second kappa shape index (κ2) is 8.34. The highest BCUT2D eigenvalue weighted by atomic mass is 79.9. The fourth-order valence-electron chi connectivity index (χ4n) is 2.53. The van der Waals surface area contributed by atoms with E-state index in [1.54, 1.807) is 48.5 Å². The van der Waals surface area contributed by atoms with Crippen LogP contribution in [-0.2, 0) is 6.54 Å². The number of ketones is 1. The van der Waals surface area contributed by atoms with Crippen molar-refractivity contribution in [3.05, 3.63) is 87.1 Å². The van der Waals surface area contributed by atoms with Crippen LogP contribution < -0.4 is 4.74 Å². The van der Waals surface area contributed by atoms with Crippen LogP contribution in [0.2, 0.25) is 5.02 Å². The van der Waals surface area contributed by atoms with E-state index in [9.17, 15) is 4.79 Å². The minimum atomic E-state index is -0.0532. The van der Waals surface area contributed by atoms with E-state index in [1.165, 1.54) is 0 Å². The van der Waals surface area contributed by atoms with Gasteiger partial charge in [0, 0.05) is 21.8 Å². The van der Waals surface area contributed by atoms with E-state index >= 15 is 0 Å². The summed E-state index contributed by atoms with van der Waals surface area (Å²) >= 11 is 9.30. The second-order valence-corrected chi connectivity index (χ2v) is 6.99. The molecule has 0 N–H and O–H groups in total. The molecule has 0 aliphatic heterocycles. The Morgan fingerprint density at radius 1 is 1.31 bits per heavy atom. The smallest absolute Gasteiger partial charge is 0.185 e. The van der Waals surface area contributed by atoms with Crippen LogP contribution in [0.5, 0.6) is 5.75 Å². The predicted octanol–water partition coefficient (Wildman–Crippen LogP) is 5.25. The summed E-state index contributed by atoms with van der Waals surface area (Å²) in [5.74, 6) is 0.703. The number of hydrogen-bond donors (Lipinski definition) is 0. The van der Waals surface area contributed by atoms with Crippen LogP contribution in [0.4, 0.5) is 0 Å². The summed E-state index contributed by atoms with van der Waals surface area (Å²) in [4.78, 5) is 12.3. The summed E-state index contributed by atoms with van der Waals surface area (Å²) in [5.41, 5.74) is 2.49. The zero-order valence-electron chi connectivity index (χ0n) is 14.0. The van der Waals surface area contributed by atoms with Gasteiger partial charge in [0.25, 0.3) is 0 Å². The number of hydrogen-bond acceptors (Lipinski definition) is 3. The molecule has 0 unspecified atom stereocenters. The number of methoxy groups -OCH3 is 1. The average molecular weight is 432 g/mol. The predicted molar refractivity (Wildman–Crippen MR) is 107 cm³/mol.